The molecule has 0 aliphatic carbocycles. The zero-order chi connectivity index (χ0) is 16.5. The second-order valence-corrected chi connectivity index (χ2v) is 5.44. The summed E-state index contributed by atoms with van der Waals surface area (Å²) in [7, 11) is 1.56. The summed E-state index contributed by atoms with van der Waals surface area (Å²) in [6.45, 7) is 1.01. The largest absolute Gasteiger partial charge is 0.493 e. The molecule has 1 aliphatic heterocycles. The number of fused-ring (bicyclic) bond motifs is 1. The van der Waals surface area contributed by atoms with E-state index in [0.29, 0.717) is 41.6 Å². The minimum Gasteiger partial charge on any atom is -0.493 e. The Balaban J connectivity index is 1.62. The molecule has 1 N–H and O–H groups in total. The minimum atomic E-state index is -0.818. The molecule has 0 amide bonds. The Morgan fingerprint density at radius 2 is 2.38 bits per heavy atom. The van der Waals surface area contributed by atoms with Gasteiger partial charge in [0.05, 0.1) is 20.0 Å². The molecule has 0 bridgehead atoms. The number of imidazole rings is 1. The van der Waals surface area contributed by atoms with Crippen LogP contribution in [-0.2, 0) is 11.3 Å². The van der Waals surface area contributed by atoms with Crippen LogP contribution >= 0.6 is 0 Å². The lowest BCUT2D eigenvalue weighted by molar-refractivity contribution is 0.0592. The topological polar surface area (TPSA) is 87.2 Å². The molecule has 4 heterocycles. The first kappa shape index (κ1) is 14.9. The van der Waals surface area contributed by atoms with Crippen molar-refractivity contribution in [1.29, 1.82) is 0 Å². The fraction of sp³-hybridized carbons (Fsp3) is 0.400. The molecule has 1 aliphatic rings. The summed E-state index contributed by atoms with van der Waals surface area (Å²) in [6.07, 6.45) is 3.94. The second-order valence-electron chi connectivity index (χ2n) is 5.44. The van der Waals surface area contributed by atoms with Crippen LogP contribution in [0.1, 0.15) is 24.8 Å². The summed E-state index contributed by atoms with van der Waals surface area (Å²) < 4.78 is 31.6. The van der Waals surface area contributed by atoms with Gasteiger partial charge in [0.1, 0.15) is 18.3 Å². The van der Waals surface area contributed by atoms with Crippen molar-refractivity contribution < 1.29 is 18.3 Å². The number of anilines is 1. The molecule has 0 spiro atoms. The molecule has 0 radical (unpaired) electrons. The van der Waals surface area contributed by atoms with Gasteiger partial charge in [-0.05, 0) is 12.8 Å². The highest BCUT2D eigenvalue weighted by Gasteiger charge is 2.22. The van der Waals surface area contributed by atoms with Gasteiger partial charge in [-0.2, -0.15) is 14.4 Å². The van der Waals surface area contributed by atoms with Crippen molar-refractivity contribution in [2.24, 2.45) is 0 Å². The van der Waals surface area contributed by atoms with E-state index in [1.54, 1.807) is 24.1 Å². The number of nitrogens with one attached hydrogen (secondary N) is 1. The molecular weight excluding hydrogens is 317 g/mol. The fourth-order valence-corrected chi connectivity index (χ4v) is 2.74. The maximum Gasteiger partial charge on any atom is 0.312 e. The first-order valence-corrected chi connectivity index (χ1v) is 7.61. The maximum absolute atomic E-state index is 13.8. The fourth-order valence-electron chi connectivity index (χ4n) is 2.74. The van der Waals surface area contributed by atoms with Crippen LogP contribution in [0.5, 0.6) is 5.75 Å². The Morgan fingerprint density at radius 1 is 1.46 bits per heavy atom. The monoisotopic (exact) mass is 333 g/mol. The van der Waals surface area contributed by atoms with Crippen LogP contribution in [-0.4, -0.2) is 33.2 Å². The number of rotatable bonds is 5. The van der Waals surface area contributed by atoms with E-state index in [1.807, 2.05) is 0 Å². The smallest absolute Gasteiger partial charge is 0.312 e. The van der Waals surface area contributed by atoms with E-state index >= 15 is 0 Å². The van der Waals surface area contributed by atoms with E-state index in [0.717, 1.165) is 12.8 Å². The first-order chi connectivity index (χ1) is 11.7. The minimum absolute atomic E-state index is 0.161. The maximum atomic E-state index is 13.8. The molecule has 126 valence electrons. The lowest BCUT2D eigenvalue weighted by Crippen LogP contribution is -2.09. The molecule has 0 aromatic carbocycles. The highest BCUT2D eigenvalue weighted by Crippen LogP contribution is 2.28. The molecule has 1 atom stereocenters. The number of furan rings is 1. The molecule has 1 saturated heterocycles. The lowest BCUT2D eigenvalue weighted by atomic mass is 10.3. The number of hydrogen-bond acceptors (Lipinski definition) is 7. The van der Waals surface area contributed by atoms with E-state index in [1.165, 1.54) is 6.26 Å². The number of aromatic nitrogens is 4. The average molecular weight is 333 g/mol. The molecule has 4 rings (SSSR count). The van der Waals surface area contributed by atoms with Gasteiger partial charge in [-0.15, -0.1) is 0 Å². The van der Waals surface area contributed by atoms with Gasteiger partial charge in [0, 0.05) is 12.7 Å². The third-order valence-corrected chi connectivity index (χ3v) is 3.91. The van der Waals surface area contributed by atoms with Gasteiger partial charge in [-0.3, -0.25) is 4.57 Å². The third-order valence-electron chi connectivity index (χ3n) is 3.91. The van der Waals surface area contributed by atoms with Gasteiger partial charge in [-0.25, -0.2) is 4.98 Å². The van der Waals surface area contributed by atoms with Crippen LogP contribution in [0.25, 0.3) is 11.2 Å². The van der Waals surface area contributed by atoms with Crippen molar-refractivity contribution in [2.75, 3.05) is 19.0 Å². The quantitative estimate of drug-likeness (QED) is 0.718. The van der Waals surface area contributed by atoms with E-state index in [2.05, 4.69) is 20.3 Å². The number of halogens is 1. The summed E-state index contributed by atoms with van der Waals surface area (Å²) in [5, 5.41) is 3.03. The predicted octanol–water partition coefficient (Wildman–Crippen LogP) is 2.49. The predicted molar refractivity (Wildman–Crippen MR) is 82.1 cm³/mol. The molecule has 1 fully saturated rings. The van der Waals surface area contributed by atoms with Crippen molar-refractivity contribution in [3.05, 3.63) is 30.5 Å². The normalized spacial score (nSPS) is 17.5. The zero-order valence-corrected chi connectivity index (χ0v) is 13.0. The molecule has 3 aromatic rings. The standard InChI is InChI=1S/C15H16FN5O3/c1-22-10-5-9(24-7-10)6-17-13-12-14(20-15(16)19-13)21(8-18-12)11-3-2-4-23-11/h5,7-8,11H,2-4,6H2,1H3,(H,17,19,20). The van der Waals surface area contributed by atoms with Gasteiger partial charge in [0.25, 0.3) is 0 Å². The lowest BCUT2D eigenvalue weighted by Gasteiger charge is -2.11. The van der Waals surface area contributed by atoms with E-state index < -0.39 is 6.08 Å². The van der Waals surface area contributed by atoms with Crippen LogP contribution in [0.15, 0.2) is 23.1 Å². The van der Waals surface area contributed by atoms with E-state index in [9.17, 15) is 4.39 Å². The third kappa shape index (κ3) is 2.67. The zero-order valence-electron chi connectivity index (χ0n) is 13.0. The summed E-state index contributed by atoms with van der Waals surface area (Å²) in [6, 6.07) is 1.74. The Bertz CT molecular complexity index is 856. The van der Waals surface area contributed by atoms with Gasteiger partial charge in [-0.1, -0.05) is 0 Å². The molecule has 1 unspecified atom stereocenters. The SMILES string of the molecule is COc1coc(CNc2nc(F)nc3c2ncn3C2CCCO2)c1. The van der Waals surface area contributed by atoms with Crippen molar-refractivity contribution in [3.63, 3.8) is 0 Å². The van der Waals surface area contributed by atoms with Gasteiger partial charge in [0.2, 0.25) is 0 Å². The van der Waals surface area contributed by atoms with E-state index in [-0.39, 0.29) is 6.23 Å². The molecule has 0 saturated carbocycles. The van der Waals surface area contributed by atoms with Crippen LogP contribution in [0.3, 0.4) is 0 Å². The second kappa shape index (κ2) is 6.08. The number of hydrogen-bond donors (Lipinski definition) is 1. The highest BCUT2D eigenvalue weighted by molar-refractivity contribution is 5.82. The van der Waals surface area contributed by atoms with Crippen LogP contribution < -0.4 is 10.1 Å². The first-order valence-electron chi connectivity index (χ1n) is 7.61. The molecule has 3 aromatic heterocycles. The van der Waals surface area contributed by atoms with Gasteiger partial charge in [0.15, 0.2) is 22.7 Å². The van der Waals surface area contributed by atoms with Crippen LogP contribution in [0.2, 0.25) is 0 Å². The van der Waals surface area contributed by atoms with Crippen molar-refractivity contribution in [2.45, 2.75) is 25.6 Å². The number of methoxy groups -OCH3 is 1. The molecule has 9 heteroatoms. The summed E-state index contributed by atoms with van der Waals surface area (Å²) in [5.41, 5.74) is 0.902. The van der Waals surface area contributed by atoms with Gasteiger partial charge < -0.3 is 19.2 Å². The van der Waals surface area contributed by atoms with E-state index in [4.69, 9.17) is 13.9 Å². The van der Waals surface area contributed by atoms with Gasteiger partial charge >= 0.3 is 6.08 Å². The highest BCUT2D eigenvalue weighted by atomic mass is 19.1. The Morgan fingerprint density at radius 3 is 3.12 bits per heavy atom. The number of nitrogens with zero attached hydrogens (tertiary/aromatic N) is 4. The summed E-state index contributed by atoms with van der Waals surface area (Å²) in [5.74, 6) is 1.57. The van der Waals surface area contributed by atoms with Crippen molar-refractivity contribution in [3.8, 4) is 5.75 Å². The Hall–Kier alpha value is -2.68. The van der Waals surface area contributed by atoms with Crippen LogP contribution in [0, 0.1) is 6.08 Å². The summed E-state index contributed by atoms with van der Waals surface area (Å²) >= 11 is 0. The molecular formula is C15H16FN5O3. The Kier molecular flexibility index (Phi) is 3.77. The molecule has 24 heavy (non-hydrogen) atoms. The van der Waals surface area contributed by atoms with Crippen molar-refractivity contribution in [1.82, 2.24) is 19.5 Å². The Labute approximate surface area is 136 Å². The summed E-state index contributed by atoms with van der Waals surface area (Å²) in [4.78, 5) is 12.0. The van der Waals surface area contributed by atoms with Crippen molar-refractivity contribution >= 4 is 17.0 Å². The van der Waals surface area contributed by atoms with Crippen LogP contribution in [0.4, 0.5) is 10.2 Å². The average Bonchev–Trinajstić information content (AvgIpc) is 3.31. The number of ether oxygens (including phenoxy) is 2. The molecule has 8 nitrogen and oxygen atoms in total.